The Kier molecular flexibility index (Phi) is 7.67. The molecule has 1 aromatic carbocycles. The summed E-state index contributed by atoms with van der Waals surface area (Å²) >= 11 is 0. The minimum atomic E-state index is -0.467. The van der Waals surface area contributed by atoms with Crippen LogP contribution in [0.2, 0.25) is 0 Å². The SMILES string of the molecule is COCCOCC(O)CN(C)Cc1ccccc1C. The van der Waals surface area contributed by atoms with Crippen LogP contribution in [0.3, 0.4) is 0 Å². The number of benzene rings is 1. The lowest BCUT2D eigenvalue weighted by atomic mass is 10.1. The van der Waals surface area contributed by atoms with Gasteiger partial charge in [0.1, 0.15) is 0 Å². The Morgan fingerprint density at radius 2 is 2.00 bits per heavy atom. The summed E-state index contributed by atoms with van der Waals surface area (Å²) < 4.78 is 10.2. The minimum Gasteiger partial charge on any atom is -0.389 e. The fourth-order valence-corrected chi connectivity index (χ4v) is 1.92. The number of methoxy groups -OCH3 is 1. The number of aliphatic hydroxyl groups is 1. The molecule has 108 valence electrons. The number of aliphatic hydroxyl groups excluding tert-OH is 1. The number of hydrogen-bond acceptors (Lipinski definition) is 4. The van der Waals surface area contributed by atoms with Crippen LogP contribution in [0, 0.1) is 6.92 Å². The standard InChI is InChI=1S/C15H25NO3/c1-13-6-4-5-7-14(13)10-16(2)11-15(17)12-19-9-8-18-3/h4-7,15,17H,8-12H2,1-3H3. The molecule has 1 N–H and O–H groups in total. The third-order valence-electron chi connectivity index (χ3n) is 2.97. The van der Waals surface area contributed by atoms with Gasteiger partial charge in [0.15, 0.2) is 0 Å². The summed E-state index contributed by atoms with van der Waals surface area (Å²) in [5, 5.41) is 9.86. The van der Waals surface area contributed by atoms with E-state index in [2.05, 4.69) is 24.0 Å². The van der Waals surface area contributed by atoms with E-state index in [-0.39, 0.29) is 0 Å². The van der Waals surface area contributed by atoms with Crippen molar-refractivity contribution in [3.63, 3.8) is 0 Å². The highest BCUT2D eigenvalue weighted by Gasteiger charge is 2.09. The van der Waals surface area contributed by atoms with Crippen LogP contribution in [0.1, 0.15) is 11.1 Å². The van der Waals surface area contributed by atoms with Gasteiger partial charge in [0.2, 0.25) is 0 Å². The number of hydrogen-bond donors (Lipinski definition) is 1. The first-order valence-electron chi connectivity index (χ1n) is 6.61. The molecule has 0 bridgehead atoms. The van der Waals surface area contributed by atoms with E-state index in [1.807, 2.05) is 19.2 Å². The molecule has 1 aromatic rings. The van der Waals surface area contributed by atoms with Gasteiger partial charge in [0.05, 0.1) is 25.9 Å². The second kappa shape index (κ2) is 9.04. The van der Waals surface area contributed by atoms with Gasteiger partial charge in [-0.25, -0.2) is 0 Å². The van der Waals surface area contributed by atoms with Crippen molar-refractivity contribution in [2.45, 2.75) is 19.6 Å². The van der Waals surface area contributed by atoms with Crippen LogP contribution >= 0.6 is 0 Å². The van der Waals surface area contributed by atoms with E-state index in [1.165, 1.54) is 11.1 Å². The zero-order valence-corrected chi connectivity index (χ0v) is 12.1. The third kappa shape index (κ3) is 6.68. The lowest BCUT2D eigenvalue weighted by Gasteiger charge is -2.21. The molecular weight excluding hydrogens is 242 g/mol. The molecule has 0 amide bonds. The zero-order chi connectivity index (χ0) is 14.1. The molecule has 1 unspecified atom stereocenters. The van der Waals surface area contributed by atoms with Crippen molar-refractivity contribution in [1.82, 2.24) is 4.90 Å². The highest BCUT2D eigenvalue weighted by molar-refractivity contribution is 5.25. The topological polar surface area (TPSA) is 41.9 Å². The van der Waals surface area contributed by atoms with Crippen molar-refractivity contribution in [1.29, 1.82) is 0 Å². The number of aryl methyl sites for hydroxylation is 1. The maximum Gasteiger partial charge on any atom is 0.0900 e. The summed E-state index contributed by atoms with van der Waals surface area (Å²) in [6.07, 6.45) is -0.467. The van der Waals surface area contributed by atoms with Crippen LogP contribution in [-0.4, -0.2) is 56.6 Å². The average molecular weight is 267 g/mol. The predicted molar refractivity (Wildman–Crippen MR) is 76.2 cm³/mol. The van der Waals surface area contributed by atoms with E-state index < -0.39 is 6.10 Å². The van der Waals surface area contributed by atoms with Crippen LogP contribution in [0.5, 0.6) is 0 Å². The lowest BCUT2D eigenvalue weighted by Crippen LogP contribution is -2.32. The number of ether oxygens (including phenoxy) is 2. The molecule has 4 heteroatoms. The number of nitrogens with zero attached hydrogens (tertiary/aromatic N) is 1. The normalized spacial score (nSPS) is 12.9. The summed E-state index contributed by atoms with van der Waals surface area (Å²) in [5.74, 6) is 0. The molecule has 0 fully saturated rings. The van der Waals surface area contributed by atoms with E-state index in [0.717, 1.165) is 6.54 Å². The molecule has 1 rings (SSSR count). The second-order valence-corrected chi connectivity index (χ2v) is 4.84. The minimum absolute atomic E-state index is 0.349. The Hall–Kier alpha value is -0.940. The molecule has 0 saturated heterocycles. The Morgan fingerprint density at radius 1 is 1.26 bits per heavy atom. The van der Waals surface area contributed by atoms with Gasteiger partial charge >= 0.3 is 0 Å². The molecule has 0 saturated carbocycles. The van der Waals surface area contributed by atoms with E-state index in [9.17, 15) is 5.11 Å². The van der Waals surface area contributed by atoms with Crippen LogP contribution in [0.4, 0.5) is 0 Å². The quantitative estimate of drug-likeness (QED) is 0.688. The van der Waals surface area contributed by atoms with Crippen molar-refractivity contribution >= 4 is 0 Å². The molecule has 0 aliphatic rings. The molecule has 0 spiro atoms. The molecule has 0 aliphatic heterocycles. The Balaban J connectivity index is 2.26. The van der Waals surface area contributed by atoms with Crippen LogP contribution in [0.25, 0.3) is 0 Å². The summed E-state index contributed by atoms with van der Waals surface area (Å²) in [6.45, 7) is 4.97. The van der Waals surface area contributed by atoms with E-state index in [1.54, 1.807) is 7.11 Å². The Bertz CT molecular complexity index is 357. The molecule has 0 aliphatic carbocycles. The van der Waals surface area contributed by atoms with Gasteiger partial charge in [0, 0.05) is 20.2 Å². The molecule has 1 atom stereocenters. The molecule has 0 aromatic heterocycles. The first kappa shape index (κ1) is 16.1. The summed E-state index contributed by atoms with van der Waals surface area (Å²) in [5.41, 5.74) is 2.57. The molecule has 19 heavy (non-hydrogen) atoms. The highest BCUT2D eigenvalue weighted by atomic mass is 16.5. The molecule has 0 radical (unpaired) electrons. The fraction of sp³-hybridized carbons (Fsp3) is 0.600. The summed E-state index contributed by atoms with van der Waals surface area (Å²) in [7, 11) is 3.64. The first-order valence-corrected chi connectivity index (χ1v) is 6.61. The lowest BCUT2D eigenvalue weighted by molar-refractivity contribution is 0.00159. The monoisotopic (exact) mass is 267 g/mol. The van der Waals surface area contributed by atoms with Gasteiger partial charge in [-0.3, -0.25) is 4.90 Å². The smallest absolute Gasteiger partial charge is 0.0900 e. The van der Waals surface area contributed by atoms with Gasteiger partial charge in [0.25, 0.3) is 0 Å². The van der Waals surface area contributed by atoms with Crippen LogP contribution < -0.4 is 0 Å². The summed E-state index contributed by atoms with van der Waals surface area (Å²) in [4.78, 5) is 2.10. The number of likely N-dealkylation sites (N-methyl/N-ethyl adjacent to an activating group) is 1. The molecular formula is C15H25NO3. The Morgan fingerprint density at radius 3 is 2.68 bits per heavy atom. The van der Waals surface area contributed by atoms with Crippen molar-refractivity contribution in [3.05, 3.63) is 35.4 Å². The Labute approximate surface area is 115 Å². The summed E-state index contributed by atoms with van der Waals surface area (Å²) in [6, 6.07) is 8.30. The van der Waals surface area contributed by atoms with Gasteiger partial charge in [-0.2, -0.15) is 0 Å². The van der Waals surface area contributed by atoms with Crippen LogP contribution in [0.15, 0.2) is 24.3 Å². The molecule has 0 heterocycles. The van der Waals surface area contributed by atoms with Crippen molar-refractivity contribution in [3.8, 4) is 0 Å². The average Bonchev–Trinajstić information content (AvgIpc) is 2.37. The van der Waals surface area contributed by atoms with Crippen molar-refractivity contribution in [2.24, 2.45) is 0 Å². The van der Waals surface area contributed by atoms with E-state index in [4.69, 9.17) is 9.47 Å². The van der Waals surface area contributed by atoms with Crippen LogP contribution in [-0.2, 0) is 16.0 Å². The molecule has 4 nitrogen and oxygen atoms in total. The highest BCUT2D eigenvalue weighted by Crippen LogP contribution is 2.09. The van der Waals surface area contributed by atoms with Gasteiger partial charge in [-0.05, 0) is 25.1 Å². The zero-order valence-electron chi connectivity index (χ0n) is 12.1. The second-order valence-electron chi connectivity index (χ2n) is 4.84. The first-order chi connectivity index (χ1) is 9.13. The van der Waals surface area contributed by atoms with E-state index in [0.29, 0.717) is 26.4 Å². The fourth-order valence-electron chi connectivity index (χ4n) is 1.92. The third-order valence-corrected chi connectivity index (χ3v) is 2.97. The van der Waals surface area contributed by atoms with Gasteiger partial charge in [-0.15, -0.1) is 0 Å². The largest absolute Gasteiger partial charge is 0.389 e. The van der Waals surface area contributed by atoms with Crippen molar-refractivity contribution < 1.29 is 14.6 Å². The number of rotatable bonds is 9. The van der Waals surface area contributed by atoms with Gasteiger partial charge in [-0.1, -0.05) is 24.3 Å². The van der Waals surface area contributed by atoms with Crippen molar-refractivity contribution in [2.75, 3.05) is 40.5 Å². The maximum atomic E-state index is 9.86. The van der Waals surface area contributed by atoms with Gasteiger partial charge < -0.3 is 14.6 Å². The maximum absolute atomic E-state index is 9.86. The predicted octanol–water partition coefficient (Wildman–Crippen LogP) is 1.45. The van der Waals surface area contributed by atoms with E-state index >= 15 is 0 Å².